The summed E-state index contributed by atoms with van der Waals surface area (Å²) in [6.07, 6.45) is 0.517. The Morgan fingerprint density at radius 2 is 1.96 bits per heavy atom. The summed E-state index contributed by atoms with van der Waals surface area (Å²) in [5.41, 5.74) is 5.36. The van der Waals surface area contributed by atoms with Crippen LogP contribution < -0.4 is 10.5 Å². The maximum atomic E-state index is 14.2. The highest BCUT2D eigenvalue weighted by Gasteiger charge is 2.39. The molecule has 1 saturated heterocycles. The zero-order valence-corrected chi connectivity index (χ0v) is 16.1. The Balaban J connectivity index is 2.30. The first-order valence-electron chi connectivity index (χ1n) is 7.95. The molecule has 1 fully saturated rings. The second kappa shape index (κ2) is 6.82. The lowest BCUT2D eigenvalue weighted by molar-refractivity contribution is 0.155. The largest absolute Gasteiger partial charge is 0.327 e. The molecular formula is C15H24FN3O4S2. The fraction of sp³-hybridized carbons (Fsp3) is 0.600. The van der Waals surface area contributed by atoms with Crippen LogP contribution in [-0.2, 0) is 20.0 Å². The summed E-state index contributed by atoms with van der Waals surface area (Å²) in [5, 5.41) is 0. The summed E-state index contributed by atoms with van der Waals surface area (Å²) in [6, 6.07) is 3.05. The lowest BCUT2D eigenvalue weighted by atomic mass is 9.81. The highest BCUT2D eigenvalue weighted by atomic mass is 32.2. The van der Waals surface area contributed by atoms with Gasteiger partial charge in [0.25, 0.3) is 0 Å². The molecular weight excluding hydrogens is 369 g/mol. The number of halogens is 1. The summed E-state index contributed by atoms with van der Waals surface area (Å²) in [4.78, 5) is -0.212. The smallest absolute Gasteiger partial charge is 0.243 e. The van der Waals surface area contributed by atoms with Crippen LogP contribution in [-0.4, -0.2) is 46.0 Å². The molecule has 0 aromatic heterocycles. The van der Waals surface area contributed by atoms with Crippen LogP contribution >= 0.6 is 0 Å². The maximum Gasteiger partial charge on any atom is 0.243 e. The average molecular weight is 394 g/mol. The Labute approximate surface area is 148 Å². The van der Waals surface area contributed by atoms with E-state index in [1.807, 2.05) is 13.8 Å². The van der Waals surface area contributed by atoms with E-state index in [1.165, 1.54) is 17.3 Å². The molecule has 0 radical (unpaired) electrons. The van der Waals surface area contributed by atoms with Crippen molar-refractivity contribution in [1.82, 2.24) is 4.31 Å². The molecule has 1 atom stereocenters. The quantitative estimate of drug-likeness (QED) is 0.784. The third kappa shape index (κ3) is 4.30. The van der Waals surface area contributed by atoms with Gasteiger partial charge in [0.15, 0.2) is 0 Å². The predicted octanol–water partition coefficient (Wildman–Crippen LogP) is 1.34. The van der Waals surface area contributed by atoms with Gasteiger partial charge in [-0.15, -0.1) is 0 Å². The van der Waals surface area contributed by atoms with Gasteiger partial charge in [0.05, 0.1) is 16.3 Å². The van der Waals surface area contributed by atoms with Crippen molar-refractivity contribution >= 4 is 25.7 Å². The molecule has 7 nitrogen and oxygen atoms in total. The molecule has 1 aromatic carbocycles. The summed E-state index contributed by atoms with van der Waals surface area (Å²) in [5.74, 6) is -1.15. The van der Waals surface area contributed by atoms with Crippen molar-refractivity contribution in [3.05, 3.63) is 24.0 Å². The minimum absolute atomic E-state index is 0.110. The summed E-state index contributed by atoms with van der Waals surface area (Å²) >= 11 is 0. The summed E-state index contributed by atoms with van der Waals surface area (Å²) < 4.78 is 66.2. The standard InChI is InChI=1S/C15H24FN3O4S2/c1-4-24(20,21)18-13-6-5-11(9-12(13)16)25(22,23)19-8-7-14(17)15(2,3)10-19/h5-6,9,14,18H,4,7-8,10,17H2,1-3H3. The Bertz CT molecular complexity index is 854. The van der Waals surface area contributed by atoms with Gasteiger partial charge in [-0.2, -0.15) is 4.31 Å². The van der Waals surface area contributed by atoms with Crippen molar-refractivity contribution < 1.29 is 21.2 Å². The number of rotatable bonds is 5. The van der Waals surface area contributed by atoms with Crippen LogP contribution in [0, 0.1) is 11.2 Å². The Morgan fingerprint density at radius 3 is 2.48 bits per heavy atom. The molecule has 0 bridgehead atoms. The highest BCUT2D eigenvalue weighted by Crippen LogP contribution is 2.32. The van der Waals surface area contributed by atoms with Gasteiger partial charge in [-0.05, 0) is 37.0 Å². The number of anilines is 1. The van der Waals surface area contributed by atoms with E-state index >= 15 is 0 Å². The molecule has 0 spiro atoms. The molecule has 10 heteroatoms. The minimum Gasteiger partial charge on any atom is -0.327 e. The van der Waals surface area contributed by atoms with Gasteiger partial charge in [-0.3, -0.25) is 4.72 Å². The molecule has 1 aromatic rings. The second-order valence-corrected chi connectivity index (χ2v) is 10.8. The van der Waals surface area contributed by atoms with Crippen molar-refractivity contribution in [2.45, 2.75) is 38.1 Å². The normalized spacial score (nSPS) is 21.9. The SMILES string of the molecule is CCS(=O)(=O)Nc1ccc(S(=O)(=O)N2CCC(N)C(C)(C)C2)cc1F. The van der Waals surface area contributed by atoms with Gasteiger partial charge >= 0.3 is 0 Å². The first kappa shape index (κ1) is 20.1. The van der Waals surface area contributed by atoms with Gasteiger partial charge in [0.1, 0.15) is 5.82 Å². The molecule has 2 rings (SSSR count). The summed E-state index contributed by atoms with van der Waals surface area (Å²) in [6.45, 7) is 5.70. The van der Waals surface area contributed by atoms with Crippen LogP contribution in [0.15, 0.2) is 23.1 Å². The number of piperidine rings is 1. The van der Waals surface area contributed by atoms with E-state index in [0.717, 1.165) is 12.1 Å². The molecule has 3 N–H and O–H groups in total. The molecule has 0 aliphatic carbocycles. The maximum absolute atomic E-state index is 14.2. The Kier molecular flexibility index (Phi) is 5.48. The van der Waals surface area contributed by atoms with Gasteiger partial charge in [-0.1, -0.05) is 13.8 Å². The number of hydrogen-bond acceptors (Lipinski definition) is 5. The lowest BCUT2D eigenvalue weighted by Crippen LogP contribution is -2.53. The zero-order valence-electron chi connectivity index (χ0n) is 14.5. The zero-order chi connectivity index (χ0) is 19.0. The lowest BCUT2D eigenvalue weighted by Gasteiger charge is -2.41. The number of nitrogens with two attached hydrogens (primary N) is 1. The first-order chi connectivity index (χ1) is 11.4. The van der Waals surface area contributed by atoms with E-state index in [4.69, 9.17) is 5.73 Å². The molecule has 1 heterocycles. The monoisotopic (exact) mass is 393 g/mol. The number of nitrogens with one attached hydrogen (secondary N) is 1. The van der Waals surface area contributed by atoms with Gasteiger partial charge in [0.2, 0.25) is 20.0 Å². The minimum atomic E-state index is -3.88. The number of nitrogens with zero attached hydrogens (tertiary/aromatic N) is 1. The molecule has 1 aliphatic rings. The third-order valence-corrected chi connectivity index (χ3v) is 7.63. The van der Waals surface area contributed by atoms with Crippen LogP contribution in [0.3, 0.4) is 0 Å². The highest BCUT2D eigenvalue weighted by molar-refractivity contribution is 7.92. The van der Waals surface area contributed by atoms with E-state index in [1.54, 1.807) is 0 Å². The van der Waals surface area contributed by atoms with Crippen molar-refractivity contribution in [3.63, 3.8) is 0 Å². The molecule has 0 saturated carbocycles. The van der Waals surface area contributed by atoms with Crippen molar-refractivity contribution in [3.8, 4) is 0 Å². The van der Waals surface area contributed by atoms with Crippen LogP contribution in [0.2, 0.25) is 0 Å². The molecule has 142 valence electrons. The van der Waals surface area contributed by atoms with Crippen LogP contribution in [0.4, 0.5) is 10.1 Å². The van der Waals surface area contributed by atoms with E-state index in [2.05, 4.69) is 4.72 Å². The van der Waals surface area contributed by atoms with Gasteiger partial charge in [-0.25, -0.2) is 21.2 Å². The Hall–Kier alpha value is -1.23. The van der Waals surface area contributed by atoms with Crippen LogP contribution in [0.1, 0.15) is 27.2 Å². The average Bonchev–Trinajstić information content (AvgIpc) is 2.51. The predicted molar refractivity (Wildman–Crippen MR) is 94.6 cm³/mol. The topological polar surface area (TPSA) is 110 Å². The van der Waals surface area contributed by atoms with Crippen LogP contribution in [0.5, 0.6) is 0 Å². The van der Waals surface area contributed by atoms with E-state index < -0.39 is 25.9 Å². The fourth-order valence-corrected chi connectivity index (χ4v) is 4.94. The van der Waals surface area contributed by atoms with Gasteiger partial charge in [0, 0.05) is 19.1 Å². The molecule has 25 heavy (non-hydrogen) atoms. The van der Waals surface area contributed by atoms with Crippen LogP contribution in [0.25, 0.3) is 0 Å². The van der Waals surface area contributed by atoms with E-state index in [-0.39, 0.29) is 40.9 Å². The molecule has 1 aliphatic heterocycles. The molecule has 0 amide bonds. The van der Waals surface area contributed by atoms with Crippen molar-refractivity contribution in [2.24, 2.45) is 11.1 Å². The van der Waals surface area contributed by atoms with Crippen molar-refractivity contribution in [1.29, 1.82) is 0 Å². The van der Waals surface area contributed by atoms with E-state index in [0.29, 0.717) is 6.42 Å². The number of hydrogen-bond donors (Lipinski definition) is 2. The van der Waals surface area contributed by atoms with Crippen molar-refractivity contribution in [2.75, 3.05) is 23.6 Å². The first-order valence-corrected chi connectivity index (χ1v) is 11.0. The Morgan fingerprint density at radius 1 is 1.32 bits per heavy atom. The van der Waals surface area contributed by atoms with E-state index in [9.17, 15) is 21.2 Å². The third-order valence-electron chi connectivity index (χ3n) is 4.50. The molecule has 1 unspecified atom stereocenters. The summed E-state index contributed by atoms with van der Waals surface area (Å²) in [7, 11) is -7.53. The second-order valence-electron chi connectivity index (χ2n) is 6.87. The van der Waals surface area contributed by atoms with Gasteiger partial charge < -0.3 is 5.73 Å². The fourth-order valence-electron chi connectivity index (χ4n) is 2.66. The number of benzene rings is 1. The number of sulfonamides is 2.